The first-order valence-electron chi connectivity index (χ1n) is 9.17. The molecular weight excluding hydrogens is 408 g/mol. The lowest BCUT2D eigenvalue weighted by atomic mass is 9.98. The molecule has 1 amide bonds. The number of hydrogen-bond acceptors (Lipinski definition) is 3. The Kier molecular flexibility index (Phi) is 5.30. The highest BCUT2D eigenvalue weighted by molar-refractivity contribution is 7.92. The summed E-state index contributed by atoms with van der Waals surface area (Å²) in [6, 6.07) is 20.7. The van der Waals surface area contributed by atoms with E-state index in [1.165, 1.54) is 12.1 Å². The van der Waals surface area contributed by atoms with Crippen LogP contribution < -0.4 is 4.72 Å². The molecule has 0 saturated heterocycles. The molecule has 0 unspecified atom stereocenters. The topological polar surface area (TPSA) is 66.5 Å². The molecule has 5 nitrogen and oxygen atoms in total. The molecule has 1 aliphatic heterocycles. The number of nitrogens with one attached hydrogen (secondary N) is 1. The van der Waals surface area contributed by atoms with Crippen LogP contribution in [0.4, 0.5) is 5.69 Å². The first-order valence-corrected chi connectivity index (χ1v) is 11.0. The predicted molar refractivity (Wildman–Crippen MR) is 114 cm³/mol. The number of fused-ring (bicyclic) bond motifs is 1. The molecule has 0 aromatic heterocycles. The van der Waals surface area contributed by atoms with Crippen LogP contribution in [0.1, 0.15) is 21.5 Å². The van der Waals surface area contributed by atoms with E-state index in [-0.39, 0.29) is 10.8 Å². The number of sulfonamides is 1. The maximum atomic E-state index is 12.7. The van der Waals surface area contributed by atoms with Gasteiger partial charge in [0.25, 0.3) is 15.9 Å². The zero-order valence-corrected chi connectivity index (χ0v) is 17.1. The number of anilines is 1. The minimum absolute atomic E-state index is 0.0267. The summed E-state index contributed by atoms with van der Waals surface area (Å²) in [6.07, 6.45) is 0.731. The van der Waals surface area contributed by atoms with E-state index in [1.54, 1.807) is 41.3 Å². The zero-order chi connectivity index (χ0) is 20.4. The van der Waals surface area contributed by atoms with Gasteiger partial charge in [0.15, 0.2) is 0 Å². The largest absolute Gasteiger partial charge is 0.334 e. The Morgan fingerprint density at radius 3 is 2.48 bits per heavy atom. The molecule has 0 bridgehead atoms. The Balaban J connectivity index is 1.55. The molecule has 3 aromatic carbocycles. The molecule has 1 heterocycles. The van der Waals surface area contributed by atoms with E-state index < -0.39 is 10.0 Å². The van der Waals surface area contributed by atoms with Crippen molar-refractivity contribution in [1.82, 2.24) is 4.90 Å². The normalized spacial score (nSPS) is 13.6. The first-order chi connectivity index (χ1) is 13.9. The fourth-order valence-corrected chi connectivity index (χ4v) is 4.76. The van der Waals surface area contributed by atoms with Crippen molar-refractivity contribution in [3.8, 4) is 0 Å². The lowest BCUT2D eigenvalue weighted by Gasteiger charge is -2.29. The SMILES string of the molecule is O=C(c1ccccc1)N1CCc2ccc(NS(=O)(=O)c3cccc(Cl)c3)cc2C1. The van der Waals surface area contributed by atoms with Crippen molar-refractivity contribution in [3.05, 3.63) is 94.5 Å². The van der Waals surface area contributed by atoms with Gasteiger partial charge >= 0.3 is 0 Å². The Bertz CT molecular complexity index is 1160. The quantitative estimate of drug-likeness (QED) is 0.674. The van der Waals surface area contributed by atoms with E-state index >= 15 is 0 Å². The van der Waals surface area contributed by atoms with Crippen molar-refractivity contribution in [3.63, 3.8) is 0 Å². The fraction of sp³-hybridized carbons (Fsp3) is 0.136. The van der Waals surface area contributed by atoms with Gasteiger partial charge in [-0.15, -0.1) is 0 Å². The highest BCUT2D eigenvalue weighted by Gasteiger charge is 2.23. The van der Waals surface area contributed by atoms with Crippen LogP contribution in [0.2, 0.25) is 5.02 Å². The standard InChI is InChI=1S/C22H19ClN2O3S/c23-19-7-4-8-21(14-19)29(27,28)24-20-10-9-16-11-12-25(15-18(16)13-20)22(26)17-5-2-1-3-6-17/h1-10,13-14,24H,11-12,15H2. The molecule has 0 radical (unpaired) electrons. The number of nitrogens with zero attached hydrogens (tertiary/aromatic N) is 1. The van der Waals surface area contributed by atoms with Gasteiger partial charge in [-0.1, -0.05) is 41.9 Å². The highest BCUT2D eigenvalue weighted by Crippen LogP contribution is 2.26. The second-order valence-corrected chi connectivity index (χ2v) is 9.01. The fourth-order valence-electron chi connectivity index (χ4n) is 3.41. The first kappa shape index (κ1) is 19.5. The van der Waals surface area contributed by atoms with Crippen LogP contribution >= 0.6 is 11.6 Å². The van der Waals surface area contributed by atoms with Gasteiger partial charge in [0.1, 0.15) is 0 Å². The molecule has 29 heavy (non-hydrogen) atoms. The molecule has 3 aromatic rings. The summed E-state index contributed by atoms with van der Waals surface area (Å²) in [6.45, 7) is 1.07. The number of halogens is 1. The maximum absolute atomic E-state index is 12.7. The molecule has 7 heteroatoms. The van der Waals surface area contributed by atoms with Crippen LogP contribution in [0.5, 0.6) is 0 Å². The van der Waals surface area contributed by atoms with Gasteiger partial charge in [0, 0.05) is 29.4 Å². The second-order valence-electron chi connectivity index (χ2n) is 6.89. The van der Waals surface area contributed by atoms with Crippen molar-refractivity contribution in [2.75, 3.05) is 11.3 Å². The van der Waals surface area contributed by atoms with Crippen LogP contribution in [0, 0.1) is 0 Å². The van der Waals surface area contributed by atoms with Crippen LogP contribution in [0.25, 0.3) is 0 Å². The van der Waals surface area contributed by atoms with Crippen molar-refractivity contribution in [2.45, 2.75) is 17.9 Å². The smallest absolute Gasteiger partial charge is 0.261 e. The van der Waals surface area contributed by atoms with Crippen molar-refractivity contribution >= 4 is 33.2 Å². The van der Waals surface area contributed by atoms with E-state index in [4.69, 9.17) is 11.6 Å². The van der Waals surface area contributed by atoms with E-state index in [0.717, 1.165) is 17.5 Å². The summed E-state index contributed by atoms with van der Waals surface area (Å²) < 4.78 is 27.9. The molecule has 4 rings (SSSR count). The number of hydrogen-bond donors (Lipinski definition) is 1. The van der Waals surface area contributed by atoms with Gasteiger partial charge in [-0.2, -0.15) is 0 Å². The van der Waals surface area contributed by atoms with Gasteiger partial charge < -0.3 is 4.90 Å². The Labute approximate surface area is 175 Å². The van der Waals surface area contributed by atoms with E-state index in [9.17, 15) is 13.2 Å². The number of carbonyl (C=O) groups is 1. The van der Waals surface area contributed by atoms with E-state index in [1.807, 2.05) is 24.3 Å². The van der Waals surface area contributed by atoms with Crippen LogP contribution in [0.3, 0.4) is 0 Å². The van der Waals surface area contributed by atoms with Crippen molar-refractivity contribution in [1.29, 1.82) is 0 Å². The molecule has 1 N–H and O–H groups in total. The highest BCUT2D eigenvalue weighted by atomic mass is 35.5. The molecule has 148 valence electrons. The molecule has 1 aliphatic rings. The summed E-state index contributed by atoms with van der Waals surface area (Å²) >= 11 is 5.92. The summed E-state index contributed by atoms with van der Waals surface area (Å²) in [7, 11) is -3.75. The Morgan fingerprint density at radius 1 is 0.931 bits per heavy atom. The van der Waals surface area contributed by atoms with Gasteiger partial charge in [-0.05, 0) is 60.0 Å². The lowest BCUT2D eigenvalue weighted by molar-refractivity contribution is 0.0734. The second kappa shape index (κ2) is 7.89. The monoisotopic (exact) mass is 426 g/mol. The zero-order valence-electron chi connectivity index (χ0n) is 15.5. The van der Waals surface area contributed by atoms with E-state index in [2.05, 4.69) is 4.72 Å². The van der Waals surface area contributed by atoms with Gasteiger partial charge in [0.2, 0.25) is 0 Å². The maximum Gasteiger partial charge on any atom is 0.261 e. The Morgan fingerprint density at radius 2 is 1.72 bits per heavy atom. The number of benzene rings is 3. The molecule has 0 atom stereocenters. The average Bonchev–Trinajstić information content (AvgIpc) is 2.73. The minimum atomic E-state index is -3.75. The average molecular weight is 427 g/mol. The Hall–Kier alpha value is -2.83. The van der Waals surface area contributed by atoms with Gasteiger partial charge in [-0.3, -0.25) is 9.52 Å². The summed E-state index contributed by atoms with van der Waals surface area (Å²) in [5.74, 6) is -0.0267. The third-order valence-corrected chi connectivity index (χ3v) is 6.50. The van der Waals surface area contributed by atoms with Crippen LogP contribution in [-0.2, 0) is 23.0 Å². The third-order valence-electron chi connectivity index (χ3n) is 4.89. The van der Waals surface area contributed by atoms with E-state index in [0.29, 0.717) is 29.4 Å². The van der Waals surface area contributed by atoms with Crippen molar-refractivity contribution < 1.29 is 13.2 Å². The summed E-state index contributed by atoms with van der Waals surface area (Å²) in [5, 5.41) is 0.355. The molecule has 0 aliphatic carbocycles. The molecule has 0 fully saturated rings. The summed E-state index contributed by atoms with van der Waals surface area (Å²) in [4.78, 5) is 14.6. The van der Waals surface area contributed by atoms with Gasteiger partial charge in [0.05, 0.1) is 4.90 Å². The molecular formula is C22H19ClN2O3S. The van der Waals surface area contributed by atoms with Crippen molar-refractivity contribution in [2.24, 2.45) is 0 Å². The molecule has 0 saturated carbocycles. The third kappa shape index (κ3) is 4.28. The lowest BCUT2D eigenvalue weighted by Crippen LogP contribution is -2.36. The van der Waals surface area contributed by atoms with Crippen LogP contribution in [-0.4, -0.2) is 25.8 Å². The van der Waals surface area contributed by atoms with Crippen LogP contribution in [0.15, 0.2) is 77.7 Å². The number of rotatable bonds is 4. The number of carbonyl (C=O) groups excluding carboxylic acids is 1. The van der Waals surface area contributed by atoms with Gasteiger partial charge in [-0.25, -0.2) is 8.42 Å². The minimum Gasteiger partial charge on any atom is -0.334 e. The molecule has 0 spiro atoms. The predicted octanol–water partition coefficient (Wildman–Crippen LogP) is 4.34. The summed E-state index contributed by atoms with van der Waals surface area (Å²) in [5.41, 5.74) is 3.16. The number of amides is 1.